The van der Waals surface area contributed by atoms with Crippen LogP contribution in [0.15, 0.2) is 0 Å². The zero-order valence-electron chi connectivity index (χ0n) is 16.3. The van der Waals surface area contributed by atoms with Crippen molar-refractivity contribution >= 4 is 5.97 Å². The first-order valence-corrected chi connectivity index (χ1v) is 9.35. The minimum atomic E-state index is -0.862. The van der Waals surface area contributed by atoms with Crippen LogP contribution < -0.4 is 0 Å². The van der Waals surface area contributed by atoms with Crippen LogP contribution in [-0.4, -0.2) is 90.4 Å². The Hall–Kier alpha value is -0.770. The van der Waals surface area contributed by atoms with Gasteiger partial charge in [0.2, 0.25) is 0 Å². The Morgan fingerprint density at radius 2 is 1.04 bits per heavy atom. The third-order valence-corrected chi connectivity index (χ3v) is 3.42. The molecule has 0 rings (SSSR count). The number of rotatable bonds is 21. The molecule has 0 fully saturated rings. The van der Waals surface area contributed by atoms with E-state index in [1.165, 1.54) is 0 Å². The van der Waals surface area contributed by atoms with Crippen LogP contribution in [0, 0.1) is 5.92 Å². The van der Waals surface area contributed by atoms with Gasteiger partial charge in [-0.3, -0.25) is 4.79 Å². The van der Waals surface area contributed by atoms with Crippen molar-refractivity contribution in [2.24, 2.45) is 5.92 Å². The van der Waals surface area contributed by atoms with Crippen LogP contribution in [0.5, 0.6) is 0 Å². The summed E-state index contributed by atoms with van der Waals surface area (Å²) in [5, 5.41) is 8.42. The van der Waals surface area contributed by atoms with E-state index in [1.807, 2.05) is 0 Å². The van der Waals surface area contributed by atoms with Crippen molar-refractivity contribution in [1.29, 1.82) is 0 Å². The van der Waals surface area contributed by atoms with E-state index in [-0.39, 0.29) is 13.0 Å². The van der Waals surface area contributed by atoms with Crippen LogP contribution in [0.4, 0.5) is 0 Å². The molecule has 8 nitrogen and oxygen atoms in total. The Morgan fingerprint density at radius 3 is 1.38 bits per heavy atom. The highest BCUT2D eigenvalue weighted by molar-refractivity contribution is 5.66. The van der Waals surface area contributed by atoms with Gasteiger partial charge >= 0.3 is 5.97 Å². The Kier molecular flexibility index (Phi) is 19.9. The quantitative estimate of drug-likeness (QED) is 0.300. The number of carboxylic acid groups (broad SMARTS) is 1. The lowest BCUT2D eigenvalue weighted by Crippen LogP contribution is -2.14. The molecule has 1 unspecified atom stereocenters. The molecule has 0 aliphatic carbocycles. The number of aliphatic carboxylic acids is 1. The molecule has 1 atom stereocenters. The lowest BCUT2D eigenvalue weighted by atomic mass is 10.1. The number of hydrogen-bond acceptors (Lipinski definition) is 7. The van der Waals surface area contributed by atoms with Crippen molar-refractivity contribution in [3.8, 4) is 0 Å². The molecule has 0 bridgehead atoms. The number of hydrogen-bond donors (Lipinski definition) is 1. The monoisotopic (exact) mass is 380 g/mol. The fourth-order valence-corrected chi connectivity index (χ4v) is 1.66. The average molecular weight is 380 g/mol. The van der Waals surface area contributed by atoms with Gasteiger partial charge in [0.15, 0.2) is 0 Å². The highest BCUT2D eigenvalue weighted by Crippen LogP contribution is 1.99. The van der Waals surface area contributed by atoms with Crippen molar-refractivity contribution in [3.05, 3.63) is 0 Å². The number of carboxylic acids is 1. The topological polar surface area (TPSA) is 92.7 Å². The molecule has 0 aliphatic heterocycles. The highest BCUT2D eigenvalue weighted by Gasteiger charge is 1.98. The fourth-order valence-electron chi connectivity index (χ4n) is 1.66. The van der Waals surface area contributed by atoms with Crippen LogP contribution in [0.3, 0.4) is 0 Å². The second-order valence-electron chi connectivity index (χ2n) is 5.79. The van der Waals surface area contributed by atoms with E-state index in [2.05, 4.69) is 13.8 Å². The summed E-state index contributed by atoms with van der Waals surface area (Å²) in [4.78, 5) is 10.3. The van der Waals surface area contributed by atoms with E-state index in [1.54, 1.807) is 0 Å². The van der Waals surface area contributed by atoms with Crippen LogP contribution in [-0.2, 0) is 33.2 Å². The maximum absolute atomic E-state index is 10.3. The number of carbonyl (C=O) groups is 1. The lowest BCUT2D eigenvalue weighted by molar-refractivity contribution is -0.138. The summed E-state index contributed by atoms with van der Waals surface area (Å²) in [6.07, 6.45) is 1.14. The largest absolute Gasteiger partial charge is 0.481 e. The van der Waals surface area contributed by atoms with Crippen LogP contribution in [0.2, 0.25) is 0 Å². The van der Waals surface area contributed by atoms with E-state index in [0.29, 0.717) is 72.0 Å². The molecular formula is C18H36O8. The Balaban J connectivity index is 3.02. The molecule has 0 aliphatic rings. The standard InChI is InChI=1S/C18H36O8/c1-3-17(2)16-26-15-14-25-13-12-24-11-10-23-9-8-22-7-6-21-5-4-18(19)20/h17H,3-16H2,1-2H3,(H,19,20). The summed E-state index contributed by atoms with van der Waals surface area (Å²) < 4.78 is 32.0. The van der Waals surface area contributed by atoms with E-state index >= 15 is 0 Å². The summed E-state index contributed by atoms with van der Waals surface area (Å²) in [7, 11) is 0. The third-order valence-electron chi connectivity index (χ3n) is 3.42. The van der Waals surface area contributed by atoms with Crippen molar-refractivity contribution in [3.63, 3.8) is 0 Å². The van der Waals surface area contributed by atoms with Crippen LogP contribution >= 0.6 is 0 Å². The van der Waals surface area contributed by atoms with Gasteiger partial charge in [-0.05, 0) is 5.92 Å². The highest BCUT2D eigenvalue weighted by atomic mass is 16.6. The molecule has 0 aromatic rings. The fraction of sp³-hybridized carbons (Fsp3) is 0.944. The molecule has 0 spiro atoms. The van der Waals surface area contributed by atoms with Gasteiger partial charge in [-0.2, -0.15) is 0 Å². The minimum Gasteiger partial charge on any atom is -0.481 e. The van der Waals surface area contributed by atoms with Gasteiger partial charge < -0.3 is 33.5 Å². The van der Waals surface area contributed by atoms with Gasteiger partial charge in [-0.15, -0.1) is 0 Å². The molecule has 26 heavy (non-hydrogen) atoms. The van der Waals surface area contributed by atoms with E-state index in [4.69, 9.17) is 33.5 Å². The van der Waals surface area contributed by atoms with Gasteiger partial charge in [-0.1, -0.05) is 20.3 Å². The summed E-state index contributed by atoms with van der Waals surface area (Å²) in [5.41, 5.74) is 0. The molecule has 0 saturated carbocycles. The van der Waals surface area contributed by atoms with Gasteiger partial charge in [0.05, 0.1) is 79.1 Å². The van der Waals surface area contributed by atoms with E-state index < -0.39 is 5.97 Å². The molecule has 0 aromatic carbocycles. The zero-order chi connectivity index (χ0) is 19.3. The van der Waals surface area contributed by atoms with Crippen LogP contribution in [0.25, 0.3) is 0 Å². The SMILES string of the molecule is CCC(C)COCCOCCOCCOCCOCCOCCC(=O)O. The first kappa shape index (κ1) is 25.2. The zero-order valence-corrected chi connectivity index (χ0v) is 16.3. The predicted octanol–water partition coefficient (Wildman–Crippen LogP) is 1.61. The first-order valence-electron chi connectivity index (χ1n) is 9.35. The van der Waals surface area contributed by atoms with Gasteiger partial charge in [0.25, 0.3) is 0 Å². The molecule has 0 aromatic heterocycles. The smallest absolute Gasteiger partial charge is 0.305 e. The lowest BCUT2D eigenvalue weighted by Gasteiger charge is -2.10. The maximum Gasteiger partial charge on any atom is 0.305 e. The molecule has 1 N–H and O–H groups in total. The third kappa shape index (κ3) is 21.3. The normalized spacial score (nSPS) is 12.4. The molecule has 0 amide bonds. The molecule has 8 heteroatoms. The van der Waals surface area contributed by atoms with Crippen molar-refractivity contribution in [2.45, 2.75) is 26.7 Å². The van der Waals surface area contributed by atoms with Crippen molar-refractivity contribution < 1.29 is 38.3 Å². The average Bonchev–Trinajstić information content (AvgIpc) is 2.63. The van der Waals surface area contributed by atoms with E-state index in [0.717, 1.165) is 13.0 Å². The van der Waals surface area contributed by atoms with Crippen LogP contribution in [0.1, 0.15) is 26.7 Å². The summed E-state index contributed by atoms with van der Waals surface area (Å²) in [6, 6.07) is 0. The Labute approximate surface area is 157 Å². The van der Waals surface area contributed by atoms with E-state index in [9.17, 15) is 4.79 Å². The second kappa shape index (κ2) is 20.5. The molecule has 0 saturated heterocycles. The second-order valence-corrected chi connectivity index (χ2v) is 5.79. The summed E-state index contributed by atoms with van der Waals surface area (Å²) in [6.45, 7) is 10.4. The maximum atomic E-state index is 10.3. The number of ether oxygens (including phenoxy) is 6. The molecule has 0 heterocycles. The predicted molar refractivity (Wildman–Crippen MR) is 96.6 cm³/mol. The van der Waals surface area contributed by atoms with Gasteiger partial charge in [-0.25, -0.2) is 0 Å². The molecule has 156 valence electrons. The Morgan fingerprint density at radius 1 is 0.692 bits per heavy atom. The van der Waals surface area contributed by atoms with Gasteiger partial charge in [0.1, 0.15) is 0 Å². The molecule has 0 radical (unpaired) electrons. The summed E-state index contributed by atoms with van der Waals surface area (Å²) in [5.74, 6) is -0.264. The molecular weight excluding hydrogens is 344 g/mol. The Bertz CT molecular complexity index is 301. The van der Waals surface area contributed by atoms with Gasteiger partial charge in [0, 0.05) is 6.61 Å². The summed E-state index contributed by atoms with van der Waals surface area (Å²) >= 11 is 0. The first-order chi connectivity index (χ1) is 12.7. The van der Waals surface area contributed by atoms with Crippen molar-refractivity contribution in [1.82, 2.24) is 0 Å². The van der Waals surface area contributed by atoms with Crippen molar-refractivity contribution in [2.75, 3.05) is 79.3 Å². The minimum absolute atomic E-state index is 0.0141.